The van der Waals surface area contributed by atoms with E-state index in [1.807, 2.05) is 76.3 Å². The van der Waals surface area contributed by atoms with Crippen LogP contribution in [0.3, 0.4) is 0 Å². The molecule has 1 atom stereocenters. The van der Waals surface area contributed by atoms with E-state index in [0.29, 0.717) is 46.9 Å². The maximum atomic E-state index is 14.0. The molecule has 1 fully saturated rings. The number of rotatable bonds is 6. The zero-order chi connectivity index (χ0) is 28.5. The molecule has 41 heavy (non-hydrogen) atoms. The normalized spacial score (nSPS) is 17.5. The van der Waals surface area contributed by atoms with Gasteiger partial charge in [-0.2, -0.15) is 0 Å². The van der Waals surface area contributed by atoms with E-state index >= 15 is 0 Å². The van der Waals surface area contributed by atoms with E-state index in [9.17, 15) is 14.4 Å². The molecule has 2 aliphatic rings. The number of allylic oxidation sites excluding steroid dienone is 1. The topological polar surface area (TPSA) is 95.1 Å². The van der Waals surface area contributed by atoms with Crippen LogP contribution in [0, 0.1) is 0 Å². The Hall–Kier alpha value is -4.28. The predicted molar refractivity (Wildman–Crippen MR) is 156 cm³/mol. The van der Waals surface area contributed by atoms with Crippen LogP contribution in [0.1, 0.15) is 31.0 Å². The van der Waals surface area contributed by atoms with Gasteiger partial charge in [-0.3, -0.25) is 14.2 Å². The predicted octanol–water partition coefficient (Wildman–Crippen LogP) is 2.61. The molecule has 4 aromatic rings. The van der Waals surface area contributed by atoms with Gasteiger partial charge in [0.25, 0.3) is 5.56 Å². The largest absolute Gasteiger partial charge is 0.463 e. The average molecular weight is 571 g/mol. The number of carbonyl (C=O) groups excluding carboxylic acids is 2. The minimum atomic E-state index is -0.652. The third kappa shape index (κ3) is 5.05. The summed E-state index contributed by atoms with van der Waals surface area (Å²) in [5, 5.41) is 0.941. The van der Waals surface area contributed by atoms with Crippen LogP contribution in [0.15, 0.2) is 81.9 Å². The first-order chi connectivity index (χ1) is 20.0. The molecule has 0 N–H and O–H groups in total. The summed E-state index contributed by atoms with van der Waals surface area (Å²) in [6.07, 6.45) is 3.78. The number of thiazole rings is 1. The molecule has 0 aliphatic carbocycles. The van der Waals surface area contributed by atoms with E-state index in [4.69, 9.17) is 9.47 Å². The van der Waals surface area contributed by atoms with E-state index < -0.39 is 12.0 Å². The molecule has 0 spiro atoms. The molecule has 2 aliphatic heterocycles. The molecule has 9 nitrogen and oxygen atoms in total. The van der Waals surface area contributed by atoms with Crippen molar-refractivity contribution in [3.8, 4) is 0 Å². The van der Waals surface area contributed by atoms with Crippen LogP contribution in [0.25, 0.3) is 17.0 Å². The van der Waals surface area contributed by atoms with Gasteiger partial charge in [-0.25, -0.2) is 9.79 Å². The van der Waals surface area contributed by atoms with Gasteiger partial charge in [0, 0.05) is 35.8 Å². The van der Waals surface area contributed by atoms with Crippen molar-refractivity contribution in [1.82, 2.24) is 14.0 Å². The van der Waals surface area contributed by atoms with Crippen molar-refractivity contribution in [2.75, 3.05) is 32.9 Å². The summed E-state index contributed by atoms with van der Waals surface area (Å²) in [5.41, 5.74) is 3.20. The third-order valence-electron chi connectivity index (χ3n) is 7.41. The summed E-state index contributed by atoms with van der Waals surface area (Å²) in [5.74, 6) is -0.449. The summed E-state index contributed by atoms with van der Waals surface area (Å²) in [4.78, 5) is 47.1. The van der Waals surface area contributed by atoms with Crippen LogP contribution < -0.4 is 14.9 Å². The molecule has 0 radical (unpaired) electrons. The van der Waals surface area contributed by atoms with E-state index in [0.717, 1.165) is 22.0 Å². The molecule has 6 rings (SSSR count). The Morgan fingerprint density at radius 1 is 1.10 bits per heavy atom. The number of fused-ring (bicyclic) bond motifs is 2. The van der Waals surface area contributed by atoms with Crippen LogP contribution in [-0.2, 0) is 25.6 Å². The average Bonchev–Trinajstić information content (AvgIpc) is 3.49. The Morgan fingerprint density at radius 3 is 2.59 bits per heavy atom. The van der Waals surface area contributed by atoms with Gasteiger partial charge < -0.3 is 18.9 Å². The van der Waals surface area contributed by atoms with E-state index in [1.54, 1.807) is 18.4 Å². The van der Waals surface area contributed by atoms with Gasteiger partial charge in [0.2, 0.25) is 5.91 Å². The van der Waals surface area contributed by atoms with Crippen LogP contribution >= 0.6 is 11.3 Å². The molecule has 0 saturated carbocycles. The van der Waals surface area contributed by atoms with Crippen LogP contribution in [0.2, 0.25) is 0 Å². The zero-order valence-electron chi connectivity index (χ0n) is 22.9. The lowest BCUT2D eigenvalue weighted by Gasteiger charge is -2.27. The number of ether oxygens (including phenoxy) is 2. The molecular weight excluding hydrogens is 540 g/mol. The lowest BCUT2D eigenvalue weighted by Crippen LogP contribution is -2.42. The second-order valence-corrected chi connectivity index (χ2v) is 10.9. The van der Waals surface area contributed by atoms with Crippen LogP contribution in [0.5, 0.6) is 0 Å². The second kappa shape index (κ2) is 11.3. The van der Waals surface area contributed by atoms with Gasteiger partial charge in [-0.1, -0.05) is 59.9 Å². The smallest absolute Gasteiger partial charge is 0.338 e. The van der Waals surface area contributed by atoms with Crippen molar-refractivity contribution in [2.45, 2.75) is 26.4 Å². The number of para-hydroxylation sites is 1. The standard InChI is InChI=1S/C31H30N4O5S/c1-3-40-30(38)27-20(2)32-31-35(28(27)21-9-5-4-6-10-21)29(37)25(41-31)17-22-18-34(24-12-8-7-11-23(22)24)19-26(36)33-13-15-39-16-14-33/h4-12,17-18,28H,3,13-16,19H2,1-2H3/b25-17+/t28-/m0/s1. The molecule has 4 heterocycles. The Morgan fingerprint density at radius 2 is 1.83 bits per heavy atom. The van der Waals surface area contributed by atoms with Gasteiger partial charge in [-0.05, 0) is 31.6 Å². The van der Waals surface area contributed by atoms with Crippen molar-refractivity contribution >= 4 is 40.2 Å². The van der Waals surface area contributed by atoms with Crippen molar-refractivity contribution in [3.05, 3.63) is 103 Å². The highest BCUT2D eigenvalue weighted by atomic mass is 32.1. The number of hydrogen-bond acceptors (Lipinski definition) is 7. The Balaban J connectivity index is 1.46. The van der Waals surface area contributed by atoms with Gasteiger partial charge >= 0.3 is 5.97 Å². The summed E-state index contributed by atoms with van der Waals surface area (Å²) >= 11 is 1.28. The lowest BCUT2D eigenvalue weighted by molar-refractivity contribution is -0.139. The molecule has 2 aromatic carbocycles. The summed E-state index contributed by atoms with van der Waals surface area (Å²) < 4.78 is 14.8. The maximum Gasteiger partial charge on any atom is 0.338 e. The van der Waals surface area contributed by atoms with Crippen LogP contribution in [0.4, 0.5) is 0 Å². The monoisotopic (exact) mass is 570 g/mol. The number of benzene rings is 2. The van der Waals surface area contributed by atoms with Gasteiger partial charge in [0.05, 0.1) is 41.7 Å². The lowest BCUT2D eigenvalue weighted by atomic mass is 9.96. The molecule has 2 aromatic heterocycles. The first-order valence-electron chi connectivity index (χ1n) is 13.6. The Labute approximate surface area is 240 Å². The molecular formula is C31H30N4O5S. The third-order valence-corrected chi connectivity index (χ3v) is 8.39. The Bertz CT molecular complexity index is 1840. The fraction of sp³-hybridized carbons (Fsp3) is 0.290. The van der Waals surface area contributed by atoms with Gasteiger partial charge in [-0.15, -0.1) is 0 Å². The number of esters is 1. The SMILES string of the molecule is CCOC(=O)C1=C(C)N=c2s/c(=C/c3cn(CC(=O)N4CCOCC4)c4ccccc34)c(=O)n2[C@H]1c1ccccc1. The fourth-order valence-electron chi connectivity index (χ4n) is 5.46. The number of aromatic nitrogens is 2. The second-order valence-electron chi connectivity index (χ2n) is 9.94. The van der Waals surface area contributed by atoms with Crippen molar-refractivity contribution in [1.29, 1.82) is 0 Å². The highest BCUT2D eigenvalue weighted by Crippen LogP contribution is 2.30. The highest BCUT2D eigenvalue weighted by molar-refractivity contribution is 7.07. The first-order valence-corrected chi connectivity index (χ1v) is 14.5. The number of hydrogen-bond donors (Lipinski definition) is 0. The number of nitrogens with zero attached hydrogens (tertiary/aromatic N) is 4. The van der Waals surface area contributed by atoms with Gasteiger partial charge in [0.15, 0.2) is 4.80 Å². The highest BCUT2D eigenvalue weighted by Gasteiger charge is 2.33. The van der Waals surface area contributed by atoms with Crippen molar-refractivity contribution in [3.63, 3.8) is 0 Å². The molecule has 1 saturated heterocycles. The molecule has 0 unspecified atom stereocenters. The zero-order valence-corrected chi connectivity index (χ0v) is 23.7. The summed E-state index contributed by atoms with van der Waals surface area (Å²) in [6, 6.07) is 16.7. The first kappa shape index (κ1) is 26.9. The minimum absolute atomic E-state index is 0.0322. The van der Waals surface area contributed by atoms with E-state index in [1.165, 1.54) is 11.3 Å². The van der Waals surface area contributed by atoms with Gasteiger partial charge in [0.1, 0.15) is 6.54 Å². The molecule has 0 bridgehead atoms. The number of morpholine rings is 1. The quantitative estimate of drug-likeness (QED) is 0.332. The van der Waals surface area contributed by atoms with E-state index in [2.05, 4.69) is 4.99 Å². The molecule has 1 amide bonds. The maximum absolute atomic E-state index is 14.0. The fourth-order valence-corrected chi connectivity index (χ4v) is 6.50. The molecule has 210 valence electrons. The molecule has 10 heteroatoms. The Kier molecular flexibility index (Phi) is 7.42. The van der Waals surface area contributed by atoms with Crippen molar-refractivity contribution < 1.29 is 19.1 Å². The number of amides is 1. The van der Waals surface area contributed by atoms with Crippen molar-refractivity contribution in [2.24, 2.45) is 4.99 Å². The number of carbonyl (C=O) groups is 2. The van der Waals surface area contributed by atoms with E-state index in [-0.39, 0.29) is 24.6 Å². The summed E-state index contributed by atoms with van der Waals surface area (Å²) in [6.45, 7) is 6.22. The van der Waals surface area contributed by atoms with Crippen LogP contribution in [-0.4, -0.2) is 58.8 Å². The summed E-state index contributed by atoms with van der Waals surface area (Å²) in [7, 11) is 0. The minimum Gasteiger partial charge on any atom is -0.463 e.